The van der Waals surface area contributed by atoms with E-state index in [0.29, 0.717) is 48.6 Å². The molecule has 1 heterocycles. The third-order valence-corrected chi connectivity index (χ3v) is 5.98. The number of benzene rings is 2. The molecule has 9 heteroatoms. The van der Waals surface area contributed by atoms with Gasteiger partial charge < -0.3 is 20.7 Å². The highest BCUT2D eigenvalue weighted by Gasteiger charge is 2.28. The average Bonchev–Trinajstić information content (AvgIpc) is 2.84. The molecule has 2 aromatic rings. The minimum absolute atomic E-state index is 0.00264. The number of hydrogen-bond acceptors (Lipinski definition) is 5. The summed E-state index contributed by atoms with van der Waals surface area (Å²) in [5.41, 5.74) is 6.65. The topological polar surface area (TPSA) is 105 Å². The zero-order valence-electron chi connectivity index (χ0n) is 20.0. The molecule has 3 rings (SSSR count). The van der Waals surface area contributed by atoms with Crippen LogP contribution in [0.15, 0.2) is 55.1 Å². The molecule has 0 aromatic heterocycles. The Morgan fingerprint density at radius 1 is 1.23 bits per heavy atom. The minimum atomic E-state index is -0.629. The Morgan fingerprint density at radius 3 is 2.54 bits per heavy atom. The van der Waals surface area contributed by atoms with Gasteiger partial charge in [0, 0.05) is 37.8 Å². The molecular weight excluding hydrogens is 451 g/mol. The lowest BCUT2D eigenvalue weighted by Crippen LogP contribution is -2.54. The van der Waals surface area contributed by atoms with Gasteiger partial charge in [-0.05, 0) is 61.4 Å². The fourth-order valence-electron chi connectivity index (χ4n) is 4.02. The molecule has 2 aromatic carbocycles. The van der Waals surface area contributed by atoms with E-state index in [9.17, 15) is 18.8 Å². The fourth-order valence-corrected chi connectivity index (χ4v) is 4.02. The highest BCUT2D eigenvalue weighted by atomic mass is 19.1. The van der Waals surface area contributed by atoms with E-state index in [4.69, 9.17) is 10.5 Å². The molecule has 0 saturated carbocycles. The van der Waals surface area contributed by atoms with Crippen molar-refractivity contribution in [2.45, 2.75) is 26.0 Å². The molecule has 1 unspecified atom stereocenters. The SMILES string of the molecule is C=CC(=O)N1CCN(CC(Oc2ccc(C(=O)NCC(N)=O)cc2)c2ccc(C)c(F)c2)C[C@H]1C. The molecule has 8 nitrogen and oxygen atoms in total. The Bertz CT molecular complexity index is 1090. The molecule has 3 amide bonds. The van der Waals surface area contributed by atoms with Crippen LogP contribution >= 0.6 is 0 Å². The lowest BCUT2D eigenvalue weighted by molar-refractivity contribution is -0.130. The summed E-state index contributed by atoms with van der Waals surface area (Å²) in [7, 11) is 0. The second-order valence-corrected chi connectivity index (χ2v) is 8.63. The van der Waals surface area contributed by atoms with Crippen molar-refractivity contribution in [3.63, 3.8) is 0 Å². The van der Waals surface area contributed by atoms with Crippen LogP contribution in [-0.2, 0) is 9.59 Å². The number of nitrogens with zero attached hydrogens (tertiary/aromatic N) is 2. The van der Waals surface area contributed by atoms with E-state index in [0.717, 1.165) is 0 Å². The smallest absolute Gasteiger partial charge is 0.251 e. The second kappa shape index (κ2) is 11.6. The van der Waals surface area contributed by atoms with Crippen molar-refractivity contribution in [1.29, 1.82) is 0 Å². The number of carbonyl (C=O) groups is 3. The third kappa shape index (κ3) is 6.89. The van der Waals surface area contributed by atoms with Crippen LogP contribution in [0.5, 0.6) is 5.75 Å². The average molecular weight is 483 g/mol. The molecule has 1 aliphatic rings. The second-order valence-electron chi connectivity index (χ2n) is 8.63. The quantitative estimate of drug-likeness (QED) is 0.533. The van der Waals surface area contributed by atoms with Gasteiger partial charge in [-0.1, -0.05) is 18.7 Å². The van der Waals surface area contributed by atoms with E-state index in [1.54, 1.807) is 42.2 Å². The Kier molecular flexibility index (Phi) is 8.59. The summed E-state index contributed by atoms with van der Waals surface area (Å²) in [5, 5.41) is 2.43. The normalized spacial score (nSPS) is 16.9. The summed E-state index contributed by atoms with van der Waals surface area (Å²) in [6, 6.07) is 11.5. The van der Waals surface area contributed by atoms with Crippen molar-refractivity contribution in [2.75, 3.05) is 32.7 Å². The highest BCUT2D eigenvalue weighted by Crippen LogP contribution is 2.26. The number of primary amides is 1. The maximum Gasteiger partial charge on any atom is 0.251 e. The van der Waals surface area contributed by atoms with Crippen molar-refractivity contribution < 1.29 is 23.5 Å². The zero-order valence-corrected chi connectivity index (χ0v) is 20.0. The van der Waals surface area contributed by atoms with Crippen molar-refractivity contribution in [3.8, 4) is 5.75 Å². The van der Waals surface area contributed by atoms with Gasteiger partial charge in [-0.3, -0.25) is 19.3 Å². The van der Waals surface area contributed by atoms with E-state index in [1.807, 2.05) is 13.0 Å². The van der Waals surface area contributed by atoms with Crippen LogP contribution in [0.1, 0.15) is 34.5 Å². The first-order chi connectivity index (χ1) is 16.7. The van der Waals surface area contributed by atoms with Gasteiger partial charge in [0.25, 0.3) is 5.91 Å². The fraction of sp³-hybridized carbons (Fsp3) is 0.346. The summed E-state index contributed by atoms with van der Waals surface area (Å²) in [5.74, 6) is -0.947. The number of ether oxygens (including phenoxy) is 1. The van der Waals surface area contributed by atoms with Crippen LogP contribution in [0.25, 0.3) is 0 Å². The number of rotatable bonds is 9. The van der Waals surface area contributed by atoms with Crippen LogP contribution in [0, 0.1) is 12.7 Å². The Labute approximate surface area is 204 Å². The third-order valence-electron chi connectivity index (χ3n) is 5.98. The molecule has 3 N–H and O–H groups in total. The van der Waals surface area contributed by atoms with Crippen molar-refractivity contribution in [2.24, 2.45) is 5.73 Å². The number of nitrogens with one attached hydrogen (secondary N) is 1. The van der Waals surface area contributed by atoms with Gasteiger partial charge in [0.15, 0.2) is 0 Å². The number of hydrogen-bond donors (Lipinski definition) is 2. The summed E-state index contributed by atoms with van der Waals surface area (Å²) in [4.78, 5) is 39.0. The molecule has 2 atom stereocenters. The van der Waals surface area contributed by atoms with E-state index in [-0.39, 0.29) is 24.3 Å². The van der Waals surface area contributed by atoms with Gasteiger partial charge >= 0.3 is 0 Å². The van der Waals surface area contributed by atoms with Crippen LogP contribution in [0.2, 0.25) is 0 Å². The highest BCUT2D eigenvalue weighted by molar-refractivity contribution is 5.96. The summed E-state index contributed by atoms with van der Waals surface area (Å²) in [6.45, 7) is 9.36. The Hall–Kier alpha value is -3.72. The number of carbonyl (C=O) groups excluding carboxylic acids is 3. The van der Waals surface area contributed by atoms with Crippen molar-refractivity contribution in [3.05, 3.63) is 77.6 Å². The van der Waals surface area contributed by atoms with Gasteiger partial charge in [-0.25, -0.2) is 4.39 Å². The number of nitrogens with two attached hydrogens (primary N) is 1. The van der Waals surface area contributed by atoms with Gasteiger partial charge in [0.05, 0.1) is 6.54 Å². The van der Waals surface area contributed by atoms with E-state index in [2.05, 4.69) is 16.8 Å². The largest absolute Gasteiger partial charge is 0.484 e. The standard InChI is InChI=1S/C26H31FN4O4/c1-4-25(33)31-12-11-30(15-18(31)3)16-23(20-6-5-17(2)22(27)13-20)35-21-9-7-19(8-10-21)26(34)29-14-24(28)32/h4-10,13,18,23H,1,11-12,14-16H2,2-3H3,(H2,28,32)(H,29,34)/t18-,23?/m1/s1. The molecule has 1 aliphatic heterocycles. The Balaban J connectivity index is 1.75. The van der Waals surface area contributed by atoms with Crippen LogP contribution in [-0.4, -0.2) is 66.3 Å². The lowest BCUT2D eigenvalue weighted by atomic mass is 10.0. The predicted octanol–water partition coefficient (Wildman–Crippen LogP) is 2.19. The minimum Gasteiger partial charge on any atom is -0.484 e. The number of halogens is 1. The molecular formula is C26H31FN4O4. The first kappa shape index (κ1) is 25.9. The van der Waals surface area contributed by atoms with Crippen molar-refractivity contribution >= 4 is 17.7 Å². The monoisotopic (exact) mass is 482 g/mol. The number of aryl methyl sites for hydroxylation is 1. The molecule has 35 heavy (non-hydrogen) atoms. The van der Waals surface area contributed by atoms with E-state index in [1.165, 1.54) is 12.1 Å². The molecule has 1 fully saturated rings. The molecule has 0 spiro atoms. The van der Waals surface area contributed by atoms with Gasteiger partial charge in [-0.2, -0.15) is 0 Å². The summed E-state index contributed by atoms with van der Waals surface area (Å²) >= 11 is 0. The van der Waals surface area contributed by atoms with Crippen LogP contribution < -0.4 is 15.8 Å². The predicted molar refractivity (Wildman–Crippen MR) is 130 cm³/mol. The maximum absolute atomic E-state index is 14.4. The number of piperazine rings is 1. The van der Waals surface area contributed by atoms with E-state index < -0.39 is 17.9 Å². The molecule has 1 saturated heterocycles. The molecule has 0 aliphatic carbocycles. The zero-order chi connectivity index (χ0) is 25.5. The van der Waals surface area contributed by atoms with Crippen LogP contribution in [0.3, 0.4) is 0 Å². The molecule has 0 bridgehead atoms. The lowest BCUT2D eigenvalue weighted by Gasteiger charge is -2.40. The first-order valence-electron chi connectivity index (χ1n) is 11.4. The maximum atomic E-state index is 14.4. The summed E-state index contributed by atoms with van der Waals surface area (Å²) < 4.78 is 20.6. The summed E-state index contributed by atoms with van der Waals surface area (Å²) in [6.07, 6.45) is 0.846. The van der Waals surface area contributed by atoms with Crippen molar-refractivity contribution in [1.82, 2.24) is 15.1 Å². The molecule has 0 radical (unpaired) electrons. The van der Waals surface area contributed by atoms with Gasteiger partial charge in [0.2, 0.25) is 11.8 Å². The van der Waals surface area contributed by atoms with E-state index >= 15 is 0 Å². The van der Waals surface area contributed by atoms with Gasteiger partial charge in [-0.15, -0.1) is 0 Å². The number of amides is 3. The Morgan fingerprint density at radius 2 is 1.94 bits per heavy atom. The molecule has 186 valence electrons. The first-order valence-corrected chi connectivity index (χ1v) is 11.4. The van der Waals surface area contributed by atoms with Gasteiger partial charge in [0.1, 0.15) is 17.7 Å². The van der Waals surface area contributed by atoms with Crippen LogP contribution in [0.4, 0.5) is 4.39 Å².